The van der Waals surface area contributed by atoms with Gasteiger partial charge in [-0.15, -0.1) is 0 Å². The van der Waals surface area contributed by atoms with Crippen LogP contribution in [0.15, 0.2) is 24.3 Å². The van der Waals surface area contributed by atoms with Gasteiger partial charge in [0.15, 0.2) is 0 Å². The molecule has 3 nitrogen and oxygen atoms in total. The average molecular weight is 177 g/mol. The van der Waals surface area contributed by atoms with Crippen LogP contribution < -0.4 is 9.96 Å². The number of hydrogen-bond donors (Lipinski definition) is 0. The first kappa shape index (κ1) is 8.38. The zero-order chi connectivity index (χ0) is 9.42. The molecule has 3 heteroatoms. The van der Waals surface area contributed by atoms with Gasteiger partial charge >= 0.3 is 0 Å². The van der Waals surface area contributed by atoms with Gasteiger partial charge in [0.1, 0.15) is 0 Å². The summed E-state index contributed by atoms with van der Waals surface area (Å²) >= 11 is 0. The van der Waals surface area contributed by atoms with E-state index in [-0.39, 0.29) is 0 Å². The molecule has 0 saturated carbocycles. The van der Waals surface area contributed by atoms with Crippen LogP contribution in [0.4, 0.5) is 11.4 Å². The highest BCUT2D eigenvalue weighted by molar-refractivity contribution is 5.76. The fourth-order valence-corrected chi connectivity index (χ4v) is 1.65. The Hall–Kier alpha value is -1.22. The Morgan fingerprint density at radius 2 is 1.85 bits per heavy atom. The Bertz CT molecular complexity index is 312. The number of hydroxylamine groups is 1. The van der Waals surface area contributed by atoms with E-state index in [9.17, 15) is 5.21 Å². The second kappa shape index (κ2) is 2.92. The number of fused-ring (bicyclic) bond motifs is 1. The summed E-state index contributed by atoms with van der Waals surface area (Å²) in [7, 11) is 0. The van der Waals surface area contributed by atoms with E-state index in [4.69, 9.17) is 0 Å². The molecule has 0 fully saturated rings. The molecule has 0 amide bonds. The fraction of sp³-hybridized carbons (Fsp3) is 0.400. The lowest BCUT2D eigenvalue weighted by molar-refractivity contribution is 0.708. The fourth-order valence-electron chi connectivity index (χ4n) is 1.65. The van der Waals surface area contributed by atoms with Crippen LogP contribution in [0.1, 0.15) is 13.8 Å². The first-order chi connectivity index (χ1) is 6.20. The van der Waals surface area contributed by atoms with Crippen LogP contribution >= 0.6 is 0 Å². The molecule has 0 aromatic heterocycles. The predicted molar refractivity (Wildman–Crippen MR) is 54.8 cm³/mol. The number of rotatable bonds is 1. The maximum absolute atomic E-state index is 11.5. The molecule has 1 aliphatic heterocycles. The molecule has 0 atom stereocenters. The number of anilines is 2. The molecule has 1 aromatic rings. The van der Waals surface area contributed by atoms with Crippen molar-refractivity contribution < 1.29 is 0 Å². The second-order valence-corrected chi connectivity index (χ2v) is 3.57. The van der Waals surface area contributed by atoms with Crippen molar-refractivity contribution in [3.8, 4) is 0 Å². The molecule has 1 aromatic carbocycles. The molecular weight excluding hydrogens is 164 g/mol. The molecular formula is C10H13N2O-. The topological polar surface area (TPSA) is 29.5 Å². The van der Waals surface area contributed by atoms with Crippen molar-refractivity contribution >= 4 is 11.4 Å². The molecule has 0 aliphatic carbocycles. The molecule has 70 valence electrons. The van der Waals surface area contributed by atoms with Crippen molar-refractivity contribution in [2.24, 2.45) is 0 Å². The largest absolute Gasteiger partial charge is 0.757 e. The SMILES string of the molecule is CC(C)N1CN([O-])c2ccccc21. The molecule has 1 aliphatic rings. The number of para-hydroxylation sites is 2. The van der Waals surface area contributed by atoms with Gasteiger partial charge in [-0.1, -0.05) is 12.1 Å². The summed E-state index contributed by atoms with van der Waals surface area (Å²) in [6.45, 7) is 4.64. The van der Waals surface area contributed by atoms with Crippen LogP contribution in [0.25, 0.3) is 0 Å². The second-order valence-electron chi connectivity index (χ2n) is 3.57. The van der Waals surface area contributed by atoms with Gasteiger partial charge in [0.25, 0.3) is 0 Å². The van der Waals surface area contributed by atoms with Gasteiger partial charge in [-0.3, -0.25) is 0 Å². The lowest BCUT2D eigenvalue weighted by Gasteiger charge is -2.28. The van der Waals surface area contributed by atoms with Crippen molar-refractivity contribution in [2.45, 2.75) is 19.9 Å². The Kier molecular flexibility index (Phi) is 1.88. The van der Waals surface area contributed by atoms with Gasteiger partial charge in [-0.05, 0) is 26.0 Å². The quantitative estimate of drug-likeness (QED) is 0.658. The molecule has 0 unspecified atom stereocenters. The molecule has 13 heavy (non-hydrogen) atoms. The summed E-state index contributed by atoms with van der Waals surface area (Å²) in [5.74, 6) is 0. The van der Waals surface area contributed by atoms with Crippen molar-refractivity contribution in [3.63, 3.8) is 0 Å². The molecule has 0 N–H and O–H groups in total. The predicted octanol–water partition coefficient (Wildman–Crippen LogP) is 2.18. The maximum Gasteiger partial charge on any atom is 0.0804 e. The summed E-state index contributed by atoms with van der Waals surface area (Å²) in [5, 5.41) is 12.5. The minimum atomic E-state index is 0.375. The summed E-state index contributed by atoms with van der Waals surface area (Å²) in [6, 6.07) is 8.10. The van der Waals surface area contributed by atoms with Crippen molar-refractivity contribution in [1.82, 2.24) is 0 Å². The third-order valence-electron chi connectivity index (χ3n) is 2.36. The third-order valence-corrected chi connectivity index (χ3v) is 2.36. The van der Waals surface area contributed by atoms with E-state index in [2.05, 4.69) is 18.7 Å². The van der Waals surface area contributed by atoms with E-state index < -0.39 is 0 Å². The highest BCUT2D eigenvalue weighted by atomic mass is 16.5. The van der Waals surface area contributed by atoms with Crippen LogP contribution in [0.2, 0.25) is 0 Å². The van der Waals surface area contributed by atoms with Crippen LogP contribution in [0.5, 0.6) is 0 Å². The maximum atomic E-state index is 11.5. The van der Waals surface area contributed by atoms with Gasteiger partial charge in [-0.2, -0.15) is 0 Å². The van der Waals surface area contributed by atoms with Gasteiger partial charge < -0.3 is 15.2 Å². The van der Waals surface area contributed by atoms with E-state index in [1.54, 1.807) is 0 Å². The minimum Gasteiger partial charge on any atom is -0.757 e. The highest BCUT2D eigenvalue weighted by Gasteiger charge is 2.21. The van der Waals surface area contributed by atoms with E-state index in [0.29, 0.717) is 12.7 Å². The van der Waals surface area contributed by atoms with Crippen LogP contribution in [0, 0.1) is 5.21 Å². The standard InChI is InChI=1S/C10H13N2O/c1-8(2)11-7-12(13)10-6-4-3-5-9(10)11/h3-6,8H,7H2,1-2H3/q-1. The van der Waals surface area contributed by atoms with Gasteiger partial charge in [0, 0.05) is 6.04 Å². The van der Waals surface area contributed by atoms with E-state index in [1.807, 2.05) is 24.3 Å². The Morgan fingerprint density at radius 1 is 1.23 bits per heavy atom. The molecule has 0 radical (unpaired) electrons. The lowest BCUT2D eigenvalue weighted by Crippen LogP contribution is -2.32. The first-order valence-electron chi connectivity index (χ1n) is 4.50. The summed E-state index contributed by atoms with van der Waals surface area (Å²) in [4.78, 5) is 2.10. The molecule has 0 bridgehead atoms. The first-order valence-corrected chi connectivity index (χ1v) is 4.50. The van der Waals surface area contributed by atoms with Crippen molar-refractivity contribution in [3.05, 3.63) is 29.5 Å². The molecule has 0 spiro atoms. The third kappa shape index (κ3) is 1.25. The van der Waals surface area contributed by atoms with Gasteiger partial charge in [0.05, 0.1) is 18.0 Å². The Balaban J connectivity index is 2.41. The van der Waals surface area contributed by atoms with Gasteiger partial charge in [-0.25, -0.2) is 0 Å². The Labute approximate surface area is 78.2 Å². The smallest absolute Gasteiger partial charge is 0.0804 e. The van der Waals surface area contributed by atoms with Crippen LogP contribution in [-0.4, -0.2) is 12.7 Å². The number of hydrogen-bond acceptors (Lipinski definition) is 3. The monoisotopic (exact) mass is 177 g/mol. The summed E-state index contributed by atoms with van der Waals surface area (Å²) in [5.41, 5.74) is 1.84. The Morgan fingerprint density at radius 3 is 2.46 bits per heavy atom. The van der Waals surface area contributed by atoms with E-state index >= 15 is 0 Å². The summed E-state index contributed by atoms with van der Waals surface area (Å²) < 4.78 is 0. The molecule has 1 heterocycles. The normalized spacial score (nSPS) is 15.4. The van der Waals surface area contributed by atoms with Crippen molar-refractivity contribution in [1.29, 1.82) is 0 Å². The minimum absolute atomic E-state index is 0.375. The highest BCUT2D eigenvalue weighted by Crippen LogP contribution is 2.35. The van der Waals surface area contributed by atoms with Gasteiger partial charge in [0.2, 0.25) is 0 Å². The zero-order valence-corrected chi connectivity index (χ0v) is 7.90. The number of nitrogens with zero attached hydrogens (tertiary/aromatic N) is 2. The average Bonchev–Trinajstić information content (AvgIpc) is 2.45. The van der Waals surface area contributed by atoms with Crippen LogP contribution in [0.3, 0.4) is 0 Å². The summed E-state index contributed by atoms with van der Waals surface area (Å²) in [6.07, 6.45) is 0. The van der Waals surface area contributed by atoms with E-state index in [1.165, 1.54) is 0 Å². The lowest BCUT2D eigenvalue weighted by atomic mass is 10.2. The van der Waals surface area contributed by atoms with Crippen molar-refractivity contribution in [2.75, 3.05) is 16.6 Å². The molecule has 0 saturated heterocycles. The zero-order valence-electron chi connectivity index (χ0n) is 7.90. The van der Waals surface area contributed by atoms with E-state index in [0.717, 1.165) is 16.4 Å². The van der Waals surface area contributed by atoms with Crippen LogP contribution in [-0.2, 0) is 0 Å². The number of benzene rings is 1. The molecule has 2 rings (SSSR count).